The van der Waals surface area contributed by atoms with Gasteiger partial charge in [-0.3, -0.25) is 0 Å². The molecule has 0 bridgehead atoms. The molecular formula is C16H17IO. The molecule has 2 rings (SSSR count). The lowest BCUT2D eigenvalue weighted by Gasteiger charge is -2.24. The van der Waals surface area contributed by atoms with Gasteiger partial charge in [-0.05, 0) is 64.8 Å². The van der Waals surface area contributed by atoms with E-state index in [9.17, 15) is 5.11 Å². The highest BCUT2D eigenvalue weighted by atomic mass is 127. The minimum Gasteiger partial charge on any atom is -0.381 e. The van der Waals surface area contributed by atoms with Crippen molar-refractivity contribution in [2.45, 2.75) is 25.9 Å². The quantitative estimate of drug-likeness (QED) is 0.825. The van der Waals surface area contributed by atoms with Gasteiger partial charge in [0.2, 0.25) is 0 Å². The molecule has 94 valence electrons. The van der Waals surface area contributed by atoms with Crippen molar-refractivity contribution in [3.8, 4) is 0 Å². The molecular weight excluding hydrogens is 335 g/mol. The van der Waals surface area contributed by atoms with Gasteiger partial charge in [0.25, 0.3) is 0 Å². The molecule has 0 saturated carbocycles. The van der Waals surface area contributed by atoms with Gasteiger partial charge in [-0.15, -0.1) is 0 Å². The second kappa shape index (κ2) is 5.41. The lowest BCUT2D eigenvalue weighted by molar-refractivity contribution is 0.102. The summed E-state index contributed by atoms with van der Waals surface area (Å²) in [4.78, 5) is 0. The maximum Gasteiger partial charge on any atom is 0.112 e. The molecule has 0 aromatic heterocycles. The summed E-state index contributed by atoms with van der Waals surface area (Å²) in [7, 11) is 0. The van der Waals surface area contributed by atoms with Gasteiger partial charge >= 0.3 is 0 Å². The van der Waals surface area contributed by atoms with Gasteiger partial charge in [-0.1, -0.05) is 43.3 Å². The minimum absolute atomic E-state index is 0.923. The van der Waals surface area contributed by atoms with Crippen molar-refractivity contribution in [2.24, 2.45) is 0 Å². The van der Waals surface area contributed by atoms with Crippen LogP contribution in [0.1, 0.15) is 30.5 Å². The molecule has 0 spiro atoms. The molecule has 0 saturated heterocycles. The zero-order valence-corrected chi connectivity index (χ0v) is 12.8. The fourth-order valence-corrected chi connectivity index (χ4v) is 2.37. The van der Waals surface area contributed by atoms with Crippen LogP contribution in [0.5, 0.6) is 0 Å². The topological polar surface area (TPSA) is 20.2 Å². The Morgan fingerprint density at radius 2 is 1.39 bits per heavy atom. The van der Waals surface area contributed by atoms with Crippen LogP contribution in [0.4, 0.5) is 0 Å². The van der Waals surface area contributed by atoms with E-state index in [2.05, 4.69) is 41.6 Å². The maximum absolute atomic E-state index is 10.7. The van der Waals surface area contributed by atoms with Crippen LogP contribution in [0.2, 0.25) is 0 Å². The molecule has 0 aliphatic rings. The van der Waals surface area contributed by atoms with Crippen molar-refractivity contribution >= 4 is 22.6 Å². The number of halogens is 1. The predicted molar refractivity (Wildman–Crippen MR) is 83.7 cm³/mol. The third-order valence-electron chi connectivity index (χ3n) is 3.33. The molecule has 1 N–H and O–H groups in total. The molecule has 2 aromatic carbocycles. The average Bonchev–Trinajstić information content (AvgIpc) is 2.39. The van der Waals surface area contributed by atoms with Gasteiger partial charge < -0.3 is 5.11 Å². The number of hydrogen-bond acceptors (Lipinski definition) is 1. The first-order valence-electron chi connectivity index (χ1n) is 6.12. The molecule has 1 unspecified atom stereocenters. The number of hydrogen-bond donors (Lipinski definition) is 1. The van der Waals surface area contributed by atoms with Gasteiger partial charge in [-0.2, -0.15) is 0 Å². The summed E-state index contributed by atoms with van der Waals surface area (Å²) in [5, 5.41) is 10.7. The van der Waals surface area contributed by atoms with Gasteiger partial charge in [0.1, 0.15) is 5.60 Å². The van der Waals surface area contributed by atoms with Crippen LogP contribution < -0.4 is 0 Å². The Bertz CT molecular complexity index is 512. The highest BCUT2D eigenvalue weighted by Gasteiger charge is 2.25. The van der Waals surface area contributed by atoms with E-state index in [1.807, 2.05) is 43.3 Å². The molecule has 0 fully saturated rings. The van der Waals surface area contributed by atoms with Crippen LogP contribution in [-0.2, 0) is 12.0 Å². The molecule has 1 nitrogen and oxygen atoms in total. The Kier molecular flexibility index (Phi) is 4.07. The molecule has 2 aromatic rings. The van der Waals surface area contributed by atoms with Crippen LogP contribution in [0.3, 0.4) is 0 Å². The summed E-state index contributed by atoms with van der Waals surface area (Å²) in [6, 6.07) is 16.2. The zero-order chi connectivity index (χ0) is 13.2. The summed E-state index contributed by atoms with van der Waals surface area (Å²) in [6.45, 7) is 3.97. The Morgan fingerprint density at radius 1 is 0.944 bits per heavy atom. The first-order valence-corrected chi connectivity index (χ1v) is 7.19. The number of aliphatic hydroxyl groups is 1. The fraction of sp³-hybridized carbons (Fsp3) is 0.250. The van der Waals surface area contributed by atoms with Gasteiger partial charge in [-0.25, -0.2) is 0 Å². The summed E-state index contributed by atoms with van der Waals surface area (Å²) < 4.78 is 1.17. The Labute approximate surface area is 122 Å². The Balaban J connectivity index is 2.37. The third-order valence-corrected chi connectivity index (χ3v) is 4.05. The molecule has 1 atom stereocenters. The van der Waals surface area contributed by atoms with E-state index in [1.54, 1.807) is 0 Å². The van der Waals surface area contributed by atoms with Gasteiger partial charge in [0.05, 0.1) is 0 Å². The van der Waals surface area contributed by atoms with Crippen LogP contribution in [0.25, 0.3) is 0 Å². The highest BCUT2D eigenvalue weighted by molar-refractivity contribution is 14.1. The first kappa shape index (κ1) is 13.6. The van der Waals surface area contributed by atoms with Crippen molar-refractivity contribution < 1.29 is 5.11 Å². The van der Waals surface area contributed by atoms with Crippen LogP contribution in [-0.4, -0.2) is 5.11 Å². The van der Waals surface area contributed by atoms with E-state index in [1.165, 1.54) is 9.13 Å². The molecule has 0 radical (unpaired) electrons. The van der Waals surface area contributed by atoms with Crippen molar-refractivity contribution in [3.05, 3.63) is 68.8 Å². The minimum atomic E-state index is -0.934. The SMILES string of the molecule is CCc1ccc(C(C)(O)c2ccc(I)cc2)cc1. The second-order valence-electron chi connectivity index (χ2n) is 4.63. The van der Waals surface area contributed by atoms with Gasteiger partial charge in [0.15, 0.2) is 0 Å². The number of rotatable bonds is 3. The number of benzene rings is 2. The Hall–Kier alpha value is -0.870. The third kappa shape index (κ3) is 2.75. The lowest BCUT2D eigenvalue weighted by atomic mass is 9.88. The van der Waals surface area contributed by atoms with Crippen molar-refractivity contribution in [3.63, 3.8) is 0 Å². The monoisotopic (exact) mass is 352 g/mol. The standard InChI is InChI=1S/C16H17IO/c1-3-12-4-6-13(7-5-12)16(2,18)14-8-10-15(17)11-9-14/h4-11,18H,3H2,1-2H3. The van der Waals surface area contributed by atoms with Crippen LogP contribution in [0, 0.1) is 3.57 Å². The average molecular weight is 352 g/mol. The van der Waals surface area contributed by atoms with Crippen LogP contribution in [0.15, 0.2) is 48.5 Å². The second-order valence-corrected chi connectivity index (χ2v) is 5.88. The van der Waals surface area contributed by atoms with Crippen molar-refractivity contribution in [1.82, 2.24) is 0 Å². The fourth-order valence-electron chi connectivity index (χ4n) is 2.01. The van der Waals surface area contributed by atoms with Crippen molar-refractivity contribution in [2.75, 3.05) is 0 Å². The molecule has 18 heavy (non-hydrogen) atoms. The zero-order valence-electron chi connectivity index (χ0n) is 10.7. The van der Waals surface area contributed by atoms with E-state index in [0.717, 1.165) is 17.5 Å². The highest BCUT2D eigenvalue weighted by Crippen LogP contribution is 2.29. The summed E-state index contributed by atoms with van der Waals surface area (Å²) in [6.07, 6.45) is 1.02. The normalized spacial score (nSPS) is 14.2. The molecule has 0 amide bonds. The molecule has 2 heteroatoms. The van der Waals surface area contributed by atoms with Gasteiger partial charge in [0, 0.05) is 3.57 Å². The van der Waals surface area contributed by atoms with Crippen LogP contribution >= 0.6 is 22.6 Å². The van der Waals surface area contributed by atoms with E-state index >= 15 is 0 Å². The van der Waals surface area contributed by atoms with E-state index in [4.69, 9.17) is 0 Å². The van der Waals surface area contributed by atoms with E-state index < -0.39 is 5.60 Å². The first-order chi connectivity index (χ1) is 8.54. The largest absolute Gasteiger partial charge is 0.381 e. The summed E-state index contributed by atoms with van der Waals surface area (Å²) >= 11 is 2.27. The Morgan fingerprint density at radius 3 is 1.83 bits per heavy atom. The molecule has 0 aliphatic carbocycles. The lowest BCUT2D eigenvalue weighted by Crippen LogP contribution is -2.22. The number of aryl methyl sites for hydroxylation is 1. The summed E-state index contributed by atoms with van der Waals surface area (Å²) in [5.41, 5.74) is 2.21. The van der Waals surface area contributed by atoms with E-state index in [0.29, 0.717) is 0 Å². The summed E-state index contributed by atoms with van der Waals surface area (Å²) in [5.74, 6) is 0. The van der Waals surface area contributed by atoms with E-state index in [-0.39, 0.29) is 0 Å². The van der Waals surface area contributed by atoms with Crippen molar-refractivity contribution in [1.29, 1.82) is 0 Å². The maximum atomic E-state index is 10.7. The molecule has 0 heterocycles. The molecule has 0 aliphatic heterocycles. The predicted octanol–water partition coefficient (Wildman–Crippen LogP) is 4.11. The smallest absolute Gasteiger partial charge is 0.112 e.